The van der Waals surface area contributed by atoms with E-state index >= 15 is 0 Å². The Bertz CT molecular complexity index is 987. The topological polar surface area (TPSA) is 61.2 Å². The molecule has 2 saturated carbocycles. The van der Waals surface area contributed by atoms with E-state index in [1.165, 1.54) is 29.7 Å². The molecule has 0 amide bonds. The quantitative estimate of drug-likeness (QED) is 0.392. The molecule has 2 fully saturated rings. The van der Waals surface area contributed by atoms with Gasteiger partial charge >= 0.3 is 0 Å². The molecule has 6 heteroatoms. The van der Waals surface area contributed by atoms with E-state index in [0.717, 1.165) is 54.5 Å². The van der Waals surface area contributed by atoms with Crippen molar-refractivity contribution < 1.29 is 4.55 Å². The van der Waals surface area contributed by atoms with Crippen molar-refractivity contribution in [2.45, 2.75) is 81.4 Å². The van der Waals surface area contributed by atoms with Crippen molar-refractivity contribution in [3.63, 3.8) is 0 Å². The molecule has 3 aliphatic carbocycles. The summed E-state index contributed by atoms with van der Waals surface area (Å²) in [4.78, 5) is 9.49. The third-order valence-electron chi connectivity index (χ3n) is 7.17. The van der Waals surface area contributed by atoms with Gasteiger partial charge in [-0.15, -0.1) is 11.8 Å². The second-order valence-electron chi connectivity index (χ2n) is 10.7. The summed E-state index contributed by atoms with van der Waals surface area (Å²) in [6, 6.07) is 8.57. The van der Waals surface area contributed by atoms with Gasteiger partial charge in [-0.2, -0.15) is 0 Å². The molecule has 4 nitrogen and oxygen atoms in total. The Morgan fingerprint density at radius 2 is 1.84 bits per heavy atom. The maximum atomic E-state index is 13.0. The molecule has 0 unspecified atom stereocenters. The highest BCUT2D eigenvalue weighted by Gasteiger charge is 2.47. The molecule has 5 rings (SSSR count). The normalized spacial score (nSPS) is 27.6. The van der Waals surface area contributed by atoms with Crippen LogP contribution < -0.4 is 0 Å². The van der Waals surface area contributed by atoms with Gasteiger partial charge in [0.2, 0.25) is 0 Å². The lowest BCUT2D eigenvalue weighted by Gasteiger charge is -2.37. The maximum Gasteiger partial charge on any atom is 0.144 e. The van der Waals surface area contributed by atoms with Crippen LogP contribution in [0.15, 0.2) is 46.1 Å². The van der Waals surface area contributed by atoms with Crippen LogP contribution >= 0.6 is 11.8 Å². The molecule has 1 aromatic carbocycles. The Balaban J connectivity index is 1.32. The first-order valence-electron chi connectivity index (χ1n) is 11.9. The zero-order valence-electron chi connectivity index (χ0n) is 19.3. The fourth-order valence-corrected chi connectivity index (χ4v) is 6.71. The van der Waals surface area contributed by atoms with E-state index in [1.54, 1.807) is 0 Å². The smallest absolute Gasteiger partial charge is 0.144 e. The van der Waals surface area contributed by atoms with Gasteiger partial charge in [0.05, 0.1) is 11.9 Å². The van der Waals surface area contributed by atoms with Crippen LogP contribution in [0.2, 0.25) is 0 Å². The minimum Gasteiger partial charge on any atom is -0.591 e. The van der Waals surface area contributed by atoms with E-state index in [4.69, 9.17) is 14.4 Å². The lowest BCUT2D eigenvalue weighted by atomic mass is 9.67. The fourth-order valence-electron chi connectivity index (χ4n) is 4.98. The molecule has 0 saturated heterocycles. The molecule has 2 aromatic rings. The number of nitrogens with zero attached hydrogens (tertiary/aromatic N) is 3. The summed E-state index contributed by atoms with van der Waals surface area (Å²) in [6.45, 7) is 6.01. The molecule has 0 N–H and O–H groups in total. The Hall–Kier alpha value is -1.37. The largest absolute Gasteiger partial charge is 0.591 e. The second kappa shape index (κ2) is 8.77. The van der Waals surface area contributed by atoms with Gasteiger partial charge in [-0.1, -0.05) is 28.7 Å². The highest BCUT2D eigenvalue weighted by molar-refractivity contribution is 7.99. The average molecular weight is 468 g/mol. The molecular formula is C26H33N3OS2. The number of fused-ring (bicyclic) bond motifs is 1. The summed E-state index contributed by atoms with van der Waals surface area (Å²) in [5.74, 6) is 2.53. The summed E-state index contributed by atoms with van der Waals surface area (Å²) in [5.41, 5.74) is 4.78. The number of thioether (sulfide) groups is 1. The Labute approximate surface area is 199 Å². The zero-order valence-corrected chi connectivity index (χ0v) is 21.0. The van der Waals surface area contributed by atoms with Crippen LogP contribution in [-0.2, 0) is 17.8 Å². The molecular weight excluding hydrogens is 434 g/mol. The van der Waals surface area contributed by atoms with Crippen molar-refractivity contribution in [2.24, 2.45) is 15.7 Å². The van der Waals surface area contributed by atoms with Gasteiger partial charge in [-0.05, 0) is 77.2 Å². The average Bonchev–Trinajstić information content (AvgIpc) is 3.57. The Morgan fingerprint density at radius 3 is 2.50 bits per heavy atom. The molecule has 0 radical (unpaired) electrons. The highest BCUT2D eigenvalue weighted by atomic mass is 32.2. The van der Waals surface area contributed by atoms with Gasteiger partial charge in [-0.3, -0.25) is 4.98 Å². The van der Waals surface area contributed by atoms with Gasteiger partial charge in [0, 0.05) is 28.8 Å². The predicted molar refractivity (Wildman–Crippen MR) is 134 cm³/mol. The van der Waals surface area contributed by atoms with Crippen LogP contribution in [0.3, 0.4) is 0 Å². The van der Waals surface area contributed by atoms with E-state index in [2.05, 4.69) is 24.3 Å². The molecule has 1 aromatic heterocycles. The van der Waals surface area contributed by atoms with Crippen LogP contribution in [0.25, 0.3) is 0 Å². The number of hydrogen-bond acceptors (Lipinski definition) is 5. The van der Waals surface area contributed by atoms with Gasteiger partial charge in [0.15, 0.2) is 0 Å². The third-order valence-corrected chi connectivity index (χ3v) is 9.72. The molecule has 1 spiro atoms. The van der Waals surface area contributed by atoms with E-state index in [0.29, 0.717) is 5.92 Å². The van der Waals surface area contributed by atoms with Gasteiger partial charge in [0.1, 0.15) is 26.8 Å². The maximum absolute atomic E-state index is 13.0. The summed E-state index contributed by atoms with van der Waals surface area (Å²) >= 11 is 0.597. The molecule has 1 atom stereocenters. The number of benzene rings is 1. The Morgan fingerprint density at radius 1 is 1.09 bits per heavy atom. The van der Waals surface area contributed by atoms with E-state index in [-0.39, 0.29) is 10.2 Å². The van der Waals surface area contributed by atoms with Crippen molar-refractivity contribution in [1.29, 1.82) is 0 Å². The van der Waals surface area contributed by atoms with E-state index < -0.39 is 11.4 Å². The zero-order chi connectivity index (χ0) is 22.3. The highest BCUT2D eigenvalue weighted by Crippen LogP contribution is 2.51. The van der Waals surface area contributed by atoms with Crippen molar-refractivity contribution in [2.75, 3.05) is 5.75 Å². The summed E-state index contributed by atoms with van der Waals surface area (Å²) in [6.07, 6.45) is 12.0. The standard InChI is InChI=1S/C26H33N3OS2/c1-25(2,3)32(30)29-24-21-7-5-4-6-20(21)14-26(24)12-10-19(11-13-26)22-15-28-23(16-27-22)31-17-18-8-9-18/h4-7,15-16,18-19H,8-14,17H2,1-3H3/b29-24+/t19?,26?,32-/m1/s1. The second-order valence-corrected chi connectivity index (χ2v) is 13.7. The monoisotopic (exact) mass is 467 g/mol. The van der Waals surface area contributed by atoms with Crippen LogP contribution in [0.5, 0.6) is 0 Å². The molecule has 3 aliphatic rings. The molecule has 1 heterocycles. The van der Waals surface area contributed by atoms with E-state index in [9.17, 15) is 4.55 Å². The molecule has 32 heavy (non-hydrogen) atoms. The lowest BCUT2D eigenvalue weighted by Crippen LogP contribution is -2.36. The SMILES string of the molecule is CC(C)(C)[S@@+]([O-])/N=C1\c2ccccc2CC12CCC(c1cnc(SCC3CC3)cn1)CC2. The Kier molecular flexibility index (Phi) is 6.14. The van der Waals surface area contributed by atoms with Crippen molar-refractivity contribution in [3.8, 4) is 0 Å². The molecule has 170 valence electrons. The predicted octanol–water partition coefficient (Wildman–Crippen LogP) is 6.13. The minimum atomic E-state index is -1.25. The number of hydrogen-bond donors (Lipinski definition) is 0. The minimum absolute atomic E-state index is 0.00851. The lowest BCUT2D eigenvalue weighted by molar-refractivity contribution is 0.264. The van der Waals surface area contributed by atoms with Crippen LogP contribution in [0, 0.1) is 11.3 Å². The van der Waals surface area contributed by atoms with Crippen molar-refractivity contribution in [1.82, 2.24) is 9.97 Å². The fraction of sp³-hybridized carbons (Fsp3) is 0.577. The first-order chi connectivity index (χ1) is 15.3. The summed E-state index contributed by atoms with van der Waals surface area (Å²) in [7, 11) is 0. The van der Waals surface area contributed by atoms with Crippen molar-refractivity contribution in [3.05, 3.63) is 53.5 Å². The third kappa shape index (κ3) is 4.64. The summed E-state index contributed by atoms with van der Waals surface area (Å²) in [5, 5.41) is 1.05. The van der Waals surface area contributed by atoms with Crippen LogP contribution in [0.4, 0.5) is 0 Å². The van der Waals surface area contributed by atoms with Crippen molar-refractivity contribution >= 4 is 28.8 Å². The van der Waals surface area contributed by atoms with Gasteiger partial charge in [-0.25, -0.2) is 4.98 Å². The van der Waals surface area contributed by atoms with E-state index in [1.807, 2.05) is 44.9 Å². The first kappa shape index (κ1) is 22.4. The molecule has 0 bridgehead atoms. The van der Waals surface area contributed by atoms with Gasteiger partial charge in [0.25, 0.3) is 0 Å². The summed E-state index contributed by atoms with van der Waals surface area (Å²) < 4.78 is 17.5. The first-order valence-corrected chi connectivity index (χ1v) is 14.0. The molecule has 0 aliphatic heterocycles. The van der Waals surface area contributed by atoms with Gasteiger partial charge < -0.3 is 4.55 Å². The van der Waals surface area contributed by atoms with Crippen LogP contribution in [0.1, 0.15) is 82.0 Å². The van der Waals surface area contributed by atoms with Crippen LogP contribution in [-0.4, -0.2) is 30.7 Å². The number of aromatic nitrogens is 2. The number of rotatable bonds is 5.